The van der Waals surface area contributed by atoms with E-state index in [1.165, 1.54) is 11.3 Å². The maximum Gasteiger partial charge on any atom is 0.255 e. The van der Waals surface area contributed by atoms with Crippen LogP contribution in [0.25, 0.3) is 0 Å². The van der Waals surface area contributed by atoms with Gasteiger partial charge in [0.1, 0.15) is 0 Å². The van der Waals surface area contributed by atoms with Gasteiger partial charge in [-0.3, -0.25) is 4.79 Å². The number of carbonyl (C=O) groups excluding carboxylic acids is 1. The summed E-state index contributed by atoms with van der Waals surface area (Å²) in [6, 6.07) is 0. The number of amides is 1. The van der Waals surface area contributed by atoms with E-state index in [0.29, 0.717) is 25.9 Å². The second-order valence-corrected chi connectivity index (χ2v) is 5.67. The number of hydrogen-bond acceptors (Lipinski definition) is 2. The van der Waals surface area contributed by atoms with E-state index < -0.39 is 13.0 Å². The van der Waals surface area contributed by atoms with Gasteiger partial charge in [-0.25, -0.2) is 8.78 Å². The molecule has 0 atom stereocenters. The molecule has 0 heterocycles. The van der Waals surface area contributed by atoms with E-state index in [1.54, 1.807) is 0 Å². The Kier molecular flexibility index (Phi) is 6.69. The second kappa shape index (κ2) is 7.78. The van der Waals surface area contributed by atoms with Crippen molar-refractivity contribution in [1.82, 2.24) is 4.90 Å². The molecule has 0 aliphatic heterocycles. The second-order valence-electron chi connectivity index (χ2n) is 5.67. The predicted molar refractivity (Wildman–Crippen MR) is 72.1 cm³/mol. The largest absolute Gasteiger partial charge is 0.337 e. The molecule has 0 bridgehead atoms. The Labute approximate surface area is 114 Å². The fourth-order valence-corrected chi connectivity index (χ4v) is 2.94. The van der Waals surface area contributed by atoms with Crippen LogP contribution in [0.5, 0.6) is 0 Å². The molecule has 1 aliphatic carbocycles. The number of halogens is 2. The lowest BCUT2D eigenvalue weighted by Crippen LogP contribution is -2.42. The van der Waals surface area contributed by atoms with Gasteiger partial charge in [-0.2, -0.15) is 0 Å². The molecule has 0 saturated heterocycles. The summed E-state index contributed by atoms with van der Waals surface area (Å²) in [6.45, 7) is 2.33. The van der Waals surface area contributed by atoms with Crippen LogP contribution in [-0.2, 0) is 4.79 Å². The van der Waals surface area contributed by atoms with Gasteiger partial charge >= 0.3 is 0 Å². The Morgan fingerprint density at radius 1 is 1.32 bits per heavy atom. The van der Waals surface area contributed by atoms with E-state index in [9.17, 15) is 13.6 Å². The first-order valence-electron chi connectivity index (χ1n) is 7.29. The van der Waals surface area contributed by atoms with Crippen LogP contribution in [0.15, 0.2) is 0 Å². The lowest BCUT2D eigenvalue weighted by atomic mass is 9.71. The Morgan fingerprint density at radius 3 is 2.42 bits per heavy atom. The zero-order chi connectivity index (χ0) is 14.3. The zero-order valence-electron chi connectivity index (χ0n) is 11.8. The van der Waals surface area contributed by atoms with Crippen molar-refractivity contribution >= 4 is 5.91 Å². The van der Waals surface area contributed by atoms with E-state index in [4.69, 9.17) is 5.73 Å². The highest BCUT2D eigenvalue weighted by Gasteiger charge is 2.34. The molecule has 0 radical (unpaired) electrons. The number of alkyl halides is 2. The van der Waals surface area contributed by atoms with Crippen LogP contribution in [0.2, 0.25) is 0 Å². The number of rotatable bonds is 7. The smallest absolute Gasteiger partial charge is 0.255 e. The molecule has 5 heteroatoms. The first-order chi connectivity index (χ1) is 9.03. The molecule has 0 unspecified atom stereocenters. The molecule has 2 N–H and O–H groups in total. The Balaban J connectivity index is 2.62. The van der Waals surface area contributed by atoms with Crippen molar-refractivity contribution in [2.45, 2.75) is 58.3 Å². The maximum absolute atomic E-state index is 12.5. The molecule has 0 aromatic rings. The molecule has 1 saturated carbocycles. The van der Waals surface area contributed by atoms with Gasteiger partial charge in [-0.15, -0.1) is 0 Å². The lowest BCUT2D eigenvalue weighted by molar-refractivity contribution is -0.136. The zero-order valence-corrected chi connectivity index (χ0v) is 11.8. The Bertz CT molecular complexity index is 279. The summed E-state index contributed by atoms with van der Waals surface area (Å²) in [5, 5.41) is 0. The van der Waals surface area contributed by atoms with Crippen LogP contribution in [-0.4, -0.2) is 36.9 Å². The third-order valence-electron chi connectivity index (χ3n) is 4.08. The summed E-state index contributed by atoms with van der Waals surface area (Å²) in [5.41, 5.74) is 5.69. The van der Waals surface area contributed by atoms with Crippen molar-refractivity contribution in [2.75, 3.05) is 19.6 Å². The minimum atomic E-state index is -2.46. The van der Waals surface area contributed by atoms with E-state index in [1.807, 2.05) is 6.92 Å². The fraction of sp³-hybridized carbons (Fsp3) is 0.929. The molecule has 1 fully saturated rings. The van der Waals surface area contributed by atoms with Gasteiger partial charge in [0.2, 0.25) is 5.91 Å². The van der Waals surface area contributed by atoms with E-state index >= 15 is 0 Å². The number of nitrogens with zero attached hydrogens (tertiary/aromatic N) is 1. The minimum Gasteiger partial charge on any atom is -0.337 e. The van der Waals surface area contributed by atoms with Gasteiger partial charge in [0.05, 0.1) is 6.54 Å². The van der Waals surface area contributed by atoms with E-state index in [0.717, 1.165) is 25.7 Å². The SMILES string of the molecule is CCCN(CC(F)F)C(=O)CC1(CN)CCCCC1. The standard InChI is InChI=1S/C14H26F2N2O/c1-2-8-18(10-12(15)16)13(19)9-14(11-17)6-4-3-5-7-14/h12H,2-11,17H2,1H3. The molecule has 3 nitrogen and oxygen atoms in total. The average Bonchev–Trinajstić information content (AvgIpc) is 2.39. The van der Waals surface area contributed by atoms with Crippen LogP contribution in [0.1, 0.15) is 51.9 Å². The van der Waals surface area contributed by atoms with Gasteiger partial charge in [0.15, 0.2) is 0 Å². The fourth-order valence-electron chi connectivity index (χ4n) is 2.94. The molecule has 0 spiro atoms. The summed E-state index contributed by atoms with van der Waals surface area (Å²) < 4.78 is 25.0. The Hall–Kier alpha value is -0.710. The molecule has 1 rings (SSSR count). The van der Waals surface area contributed by atoms with E-state index in [-0.39, 0.29) is 11.3 Å². The third kappa shape index (κ3) is 5.05. The number of carbonyl (C=O) groups is 1. The van der Waals surface area contributed by atoms with Crippen LogP contribution in [0.4, 0.5) is 8.78 Å². The number of nitrogens with two attached hydrogens (primary N) is 1. The maximum atomic E-state index is 12.5. The molecule has 112 valence electrons. The monoisotopic (exact) mass is 276 g/mol. The van der Waals surface area contributed by atoms with Gasteiger partial charge in [0, 0.05) is 13.0 Å². The summed E-state index contributed by atoms with van der Waals surface area (Å²) >= 11 is 0. The Morgan fingerprint density at radius 2 is 1.95 bits per heavy atom. The predicted octanol–water partition coefficient (Wildman–Crippen LogP) is 2.79. The van der Waals surface area contributed by atoms with Crippen LogP contribution in [0, 0.1) is 5.41 Å². The summed E-state index contributed by atoms with van der Waals surface area (Å²) in [4.78, 5) is 13.5. The highest BCUT2D eigenvalue weighted by molar-refractivity contribution is 5.77. The van der Waals surface area contributed by atoms with Gasteiger partial charge in [0.25, 0.3) is 6.43 Å². The molecule has 0 aromatic heterocycles. The van der Waals surface area contributed by atoms with Crippen LogP contribution in [0.3, 0.4) is 0 Å². The lowest BCUT2D eigenvalue weighted by Gasteiger charge is -2.37. The quantitative estimate of drug-likeness (QED) is 0.777. The average molecular weight is 276 g/mol. The number of hydrogen-bond donors (Lipinski definition) is 1. The van der Waals surface area contributed by atoms with Crippen molar-refractivity contribution in [3.05, 3.63) is 0 Å². The first-order valence-corrected chi connectivity index (χ1v) is 7.29. The molecule has 1 amide bonds. The van der Waals surface area contributed by atoms with Gasteiger partial charge < -0.3 is 10.6 Å². The highest BCUT2D eigenvalue weighted by Crippen LogP contribution is 2.38. The van der Waals surface area contributed by atoms with Crippen molar-refractivity contribution in [2.24, 2.45) is 11.1 Å². The first kappa shape index (κ1) is 16.3. The molecular formula is C14H26F2N2O. The molecule has 19 heavy (non-hydrogen) atoms. The molecule has 0 aromatic carbocycles. The van der Waals surface area contributed by atoms with Crippen molar-refractivity contribution in [1.29, 1.82) is 0 Å². The topological polar surface area (TPSA) is 46.3 Å². The van der Waals surface area contributed by atoms with E-state index in [2.05, 4.69) is 0 Å². The summed E-state index contributed by atoms with van der Waals surface area (Å²) in [7, 11) is 0. The summed E-state index contributed by atoms with van der Waals surface area (Å²) in [5.74, 6) is -0.158. The van der Waals surface area contributed by atoms with Gasteiger partial charge in [-0.05, 0) is 31.2 Å². The van der Waals surface area contributed by atoms with Crippen molar-refractivity contribution in [3.63, 3.8) is 0 Å². The normalized spacial score (nSPS) is 18.6. The van der Waals surface area contributed by atoms with Crippen LogP contribution >= 0.6 is 0 Å². The van der Waals surface area contributed by atoms with Gasteiger partial charge in [-0.1, -0.05) is 26.2 Å². The summed E-state index contributed by atoms with van der Waals surface area (Å²) in [6.07, 6.45) is 3.83. The highest BCUT2D eigenvalue weighted by atomic mass is 19.3. The molecular weight excluding hydrogens is 250 g/mol. The van der Waals surface area contributed by atoms with Crippen LogP contribution < -0.4 is 5.73 Å². The van der Waals surface area contributed by atoms with Crippen molar-refractivity contribution in [3.8, 4) is 0 Å². The minimum absolute atomic E-state index is 0.149. The third-order valence-corrected chi connectivity index (χ3v) is 4.08. The molecule has 1 aliphatic rings. The van der Waals surface area contributed by atoms with Crippen molar-refractivity contribution < 1.29 is 13.6 Å².